The van der Waals surface area contributed by atoms with Crippen LogP contribution in [0, 0.1) is 5.82 Å². The topological polar surface area (TPSA) is 67.7 Å². The second-order valence-electron chi connectivity index (χ2n) is 7.03. The van der Waals surface area contributed by atoms with Crippen molar-refractivity contribution in [2.75, 3.05) is 10.6 Å². The fourth-order valence-corrected chi connectivity index (χ4v) is 3.47. The molecule has 3 aromatic rings. The summed E-state index contributed by atoms with van der Waals surface area (Å²) in [6.45, 7) is 4.11. The zero-order chi connectivity index (χ0) is 18.1. The van der Waals surface area contributed by atoms with Gasteiger partial charge in [-0.05, 0) is 38.8 Å². The van der Waals surface area contributed by atoms with E-state index in [1.165, 1.54) is 18.9 Å². The summed E-state index contributed by atoms with van der Waals surface area (Å²) in [6, 6.07) is 7.13. The van der Waals surface area contributed by atoms with Crippen molar-refractivity contribution in [1.82, 2.24) is 19.5 Å². The molecule has 1 aromatic carbocycles. The minimum atomic E-state index is -0.315. The van der Waals surface area contributed by atoms with Gasteiger partial charge in [0.1, 0.15) is 11.3 Å². The number of para-hydroxylation sites is 1. The summed E-state index contributed by atoms with van der Waals surface area (Å²) in [7, 11) is 0. The molecule has 1 aliphatic carbocycles. The van der Waals surface area contributed by atoms with E-state index in [0.29, 0.717) is 29.1 Å². The second kappa shape index (κ2) is 6.90. The van der Waals surface area contributed by atoms with Crippen LogP contribution in [-0.4, -0.2) is 25.6 Å². The highest BCUT2D eigenvalue weighted by molar-refractivity contribution is 5.76. The van der Waals surface area contributed by atoms with E-state index in [4.69, 9.17) is 0 Å². The lowest BCUT2D eigenvalue weighted by Gasteiger charge is -2.15. The van der Waals surface area contributed by atoms with Gasteiger partial charge in [-0.25, -0.2) is 14.4 Å². The van der Waals surface area contributed by atoms with Crippen molar-refractivity contribution in [3.63, 3.8) is 0 Å². The van der Waals surface area contributed by atoms with Gasteiger partial charge in [-0.1, -0.05) is 25.0 Å². The van der Waals surface area contributed by atoms with Gasteiger partial charge in [-0.3, -0.25) is 4.57 Å². The van der Waals surface area contributed by atoms with Gasteiger partial charge in [0.25, 0.3) is 0 Å². The van der Waals surface area contributed by atoms with Gasteiger partial charge in [0.05, 0.1) is 11.9 Å². The van der Waals surface area contributed by atoms with Crippen molar-refractivity contribution in [3.05, 3.63) is 36.3 Å². The van der Waals surface area contributed by atoms with Crippen molar-refractivity contribution < 1.29 is 4.39 Å². The molecule has 0 aliphatic heterocycles. The van der Waals surface area contributed by atoms with Gasteiger partial charge in [-0.15, -0.1) is 0 Å². The molecule has 136 valence electrons. The summed E-state index contributed by atoms with van der Waals surface area (Å²) >= 11 is 0. The Morgan fingerprint density at radius 3 is 2.65 bits per heavy atom. The Morgan fingerprint density at radius 1 is 1.15 bits per heavy atom. The monoisotopic (exact) mass is 354 g/mol. The van der Waals surface area contributed by atoms with Gasteiger partial charge in [-0.2, -0.15) is 4.98 Å². The molecule has 0 bridgehead atoms. The summed E-state index contributed by atoms with van der Waals surface area (Å²) in [5, 5.41) is 6.52. The molecule has 7 heteroatoms. The molecule has 0 radical (unpaired) electrons. The third kappa shape index (κ3) is 3.21. The largest absolute Gasteiger partial charge is 0.351 e. The van der Waals surface area contributed by atoms with E-state index in [0.717, 1.165) is 18.5 Å². The molecule has 1 aliphatic rings. The average Bonchev–Trinajstić information content (AvgIpc) is 3.24. The van der Waals surface area contributed by atoms with Crippen LogP contribution in [0.15, 0.2) is 30.5 Å². The SMILES string of the molecule is CC(C)n1c(Nc2ccccc2F)nc2cnc(NC3CCCC3)nc21. The first-order valence-corrected chi connectivity index (χ1v) is 9.15. The maximum atomic E-state index is 14.0. The fourth-order valence-electron chi connectivity index (χ4n) is 3.47. The maximum Gasteiger partial charge on any atom is 0.224 e. The quantitative estimate of drug-likeness (QED) is 0.698. The van der Waals surface area contributed by atoms with Crippen LogP contribution in [-0.2, 0) is 0 Å². The molecule has 4 rings (SSSR count). The van der Waals surface area contributed by atoms with Gasteiger partial charge in [0.2, 0.25) is 11.9 Å². The Morgan fingerprint density at radius 2 is 1.92 bits per heavy atom. The lowest BCUT2D eigenvalue weighted by atomic mass is 10.2. The normalized spacial score (nSPS) is 15.1. The Hall–Kier alpha value is -2.70. The van der Waals surface area contributed by atoms with Crippen LogP contribution in [0.25, 0.3) is 11.2 Å². The smallest absolute Gasteiger partial charge is 0.224 e. The van der Waals surface area contributed by atoms with Crippen LogP contribution >= 0.6 is 0 Å². The highest BCUT2D eigenvalue weighted by atomic mass is 19.1. The minimum Gasteiger partial charge on any atom is -0.351 e. The third-order valence-electron chi connectivity index (χ3n) is 4.76. The van der Waals surface area contributed by atoms with Crippen LogP contribution in [0.2, 0.25) is 0 Å². The molecule has 1 saturated carbocycles. The molecule has 0 saturated heterocycles. The van der Waals surface area contributed by atoms with E-state index in [-0.39, 0.29) is 11.9 Å². The molecule has 0 unspecified atom stereocenters. The number of hydrogen-bond acceptors (Lipinski definition) is 5. The maximum absolute atomic E-state index is 14.0. The summed E-state index contributed by atoms with van der Waals surface area (Å²) in [5.41, 5.74) is 1.82. The van der Waals surface area contributed by atoms with E-state index >= 15 is 0 Å². The molecule has 26 heavy (non-hydrogen) atoms. The molecule has 1 fully saturated rings. The zero-order valence-corrected chi connectivity index (χ0v) is 15.0. The second-order valence-corrected chi connectivity index (χ2v) is 7.03. The molecular formula is C19H23FN6. The fraction of sp³-hybridized carbons (Fsp3) is 0.421. The summed E-state index contributed by atoms with van der Waals surface area (Å²) in [4.78, 5) is 13.7. The first-order chi connectivity index (χ1) is 12.6. The number of benzene rings is 1. The summed E-state index contributed by atoms with van der Waals surface area (Å²) < 4.78 is 16.0. The van der Waals surface area contributed by atoms with E-state index in [2.05, 4.69) is 39.4 Å². The lowest BCUT2D eigenvalue weighted by Crippen LogP contribution is -2.17. The predicted octanol–water partition coefficient (Wildman–Crippen LogP) is 4.64. The molecule has 0 spiro atoms. The van der Waals surface area contributed by atoms with E-state index < -0.39 is 0 Å². The first kappa shape index (κ1) is 16.8. The Bertz CT molecular complexity index is 914. The molecule has 2 heterocycles. The zero-order valence-electron chi connectivity index (χ0n) is 15.0. The van der Waals surface area contributed by atoms with Crippen LogP contribution in [0.4, 0.5) is 22.0 Å². The number of nitrogens with zero attached hydrogens (tertiary/aromatic N) is 4. The molecule has 6 nitrogen and oxygen atoms in total. The molecule has 2 N–H and O–H groups in total. The molecular weight excluding hydrogens is 331 g/mol. The van der Waals surface area contributed by atoms with Crippen molar-refractivity contribution in [2.45, 2.75) is 51.6 Å². The highest BCUT2D eigenvalue weighted by Crippen LogP contribution is 2.27. The van der Waals surface area contributed by atoms with Gasteiger partial charge in [0.15, 0.2) is 5.65 Å². The van der Waals surface area contributed by atoms with Crippen LogP contribution in [0.3, 0.4) is 0 Å². The van der Waals surface area contributed by atoms with Crippen LogP contribution < -0.4 is 10.6 Å². The Labute approximate surface area is 151 Å². The summed E-state index contributed by atoms with van der Waals surface area (Å²) in [5.74, 6) is 0.876. The van der Waals surface area contributed by atoms with Crippen molar-refractivity contribution in [2.24, 2.45) is 0 Å². The lowest BCUT2D eigenvalue weighted by molar-refractivity contribution is 0.615. The number of rotatable bonds is 5. The molecule has 0 amide bonds. The van der Waals surface area contributed by atoms with Crippen molar-refractivity contribution in [3.8, 4) is 0 Å². The van der Waals surface area contributed by atoms with Crippen molar-refractivity contribution >= 4 is 28.7 Å². The Balaban J connectivity index is 1.71. The predicted molar refractivity (Wildman–Crippen MR) is 101 cm³/mol. The number of halogens is 1. The molecule has 0 atom stereocenters. The van der Waals surface area contributed by atoms with E-state index in [1.54, 1.807) is 24.4 Å². The number of nitrogens with one attached hydrogen (secondary N) is 2. The van der Waals surface area contributed by atoms with Gasteiger partial charge < -0.3 is 10.6 Å². The molecule has 2 aromatic heterocycles. The number of imidazole rings is 1. The van der Waals surface area contributed by atoms with Gasteiger partial charge >= 0.3 is 0 Å². The number of aromatic nitrogens is 4. The first-order valence-electron chi connectivity index (χ1n) is 9.15. The number of anilines is 3. The van der Waals surface area contributed by atoms with E-state index in [1.807, 2.05) is 4.57 Å². The van der Waals surface area contributed by atoms with Crippen LogP contribution in [0.1, 0.15) is 45.6 Å². The minimum absolute atomic E-state index is 0.114. The third-order valence-corrected chi connectivity index (χ3v) is 4.76. The summed E-state index contributed by atoms with van der Waals surface area (Å²) in [6.07, 6.45) is 6.54. The van der Waals surface area contributed by atoms with Crippen LogP contribution in [0.5, 0.6) is 0 Å². The average molecular weight is 354 g/mol. The van der Waals surface area contributed by atoms with Crippen molar-refractivity contribution in [1.29, 1.82) is 0 Å². The number of fused-ring (bicyclic) bond motifs is 1. The van der Waals surface area contributed by atoms with Gasteiger partial charge in [0, 0.05) is 12.1 Å². The Kier molecular flexibility index (Phi) is 4.44. The highest BCUT2D eigenvalue weighted by Gasteiger charge is 2.19. The standard InChI is InChI=1S/C19H23FN6/c1-12(2)26-17-16(11-21-18(25-17)22-13-7-3-4-8-13)24-19(26)23-15-10-6-5-9-14(15)20/h5-6,9-13H,3-4,7-8H2,1-2H3,(H,23,24)(H,21,22,25). The number of hydrogen-bond donors (Lipinski definition) is 2. The van der Waals surface area contributed by atoms with E-state index in [9.17, 15) is 4.39 Å².